The second-order valence-electron chi connectivity index (χ2n) is 17.0. The van der Waals surface area contributed by atoms with Crippen molar-refractivity contribution in [2.24, 2.45) is 48.6 Å². The van der Waals surface area contributed by atoms with Crippen molar-refractivity contribution in [1.82, 2.24) is 38.7 Å². The maximum atomic E-state index is 13.5. The molecule has 5 aromatic heterocycles. The number of carbonyl (C=O) groups excluding carboxylic acids is 1. The average molecular weight is 699 g/mol. The van der Waals surface area contributed by atoms with Gasteiger partial charge in [0.1, 0.15) is 6.26 Å². The van der Waals surface area contributed by atoms with E-state index in [4.69, 9.17) is 14.5 Å². The summed E-state index contributed by atoms with van der Waals surface area (Å²) in [4.78, 5) is 49.5. The van der Waals surface area contributed by atoms with Gasteiger partial charge in [0.2, 0.25) is 0 Å². The molecule has 51 heavy (non-hydrogen) atoms. The molecule has 2 fully saturated rings. The molecule has 6 atom stereocenters. The standard InChI is InChI=1S/C38H50N8O5/c1-21-24(18-47)30(21)25-9-11-29-33(40-25)44(8)36(50)46(29)20-38(5,6)15-13-22-23(17-39-34(48)27-14-16-51-42-27)31(22)26-10-12-28-32(41-26)43(7)35(49)45(28)19-37(2,3)4/h9-12,14,16,21-24,30-31,47H,13,15,17-20H2,1-8H3,(H,39,48). The summed E-state index contributed by atoms with van der Waals surface area (Å²) in [6.45, 7) is 14.6. The molecule has 0 bridgehead atoms. The van der Waals surface area contributed by atoms with Gasteiger partial charge in [-0.1, -0.05) is 46.7 Å². The number of aromatic nitrogens is 7. The number of imidazole rings is 2. The largest absolute Gasteiger partial charge is 0.396 e. The molecule has 7 rings (SSSR count). The van der Waals surface area contributed by atoms with Crippen LogP contribution in [0.25, 0.3) is 22.3 Å². The van der Waals surface area contributed by atoms with E-state index in [2.05, 4.69) is 52.0 Å². The van der Waals surface area contributed by atoms with Gasteiger partial charge in [-0.05, 0) is 71.6 Å². The Morgan fingerprint density at radius 3 is 1.96 bits per heavy atom. The Labute approximate surface area is 296 Å². The van der Waals surface area contributed by atoms with Crippen molar-refractivity contribution in [1.29, 1.82) is 0 Å². The van der Waals surface area contributed by atoms with Crippen molar-refractivity contribution >= 4 is 28.2 Å². The number of nitrogens with zero attached hydrogens (tertiary/aromatic N) is 7. The number of hydrogen-bond donors (Lipinski definition) is 2. The highest BCUT2D eigenvalue weighted by Crippen LogP contribution is 2.57. The molecule has 0 spiro atoms. The molecule has 1 amide bonds. The summed E-state index contributed by atoms with van der Waals surface area (Å²) in [6, 6.07) is 9.59. The van der Waals surface area contributed by atoms with E-state index in [1.807, 2.05) is 28.8 Å². The first-order valence-electron chi connectivity index (χ1n) is 18.0. The predicted molar refractivity (Wildman–Crippen MR) is 193 cm³/mol. The molecule has 0 saturated heterocycles. The summed E-state index contributed by atoms with van der Waals surface area (Å²) >= 11 is 0. The zero-order valence-electron chi connectivity index (χ0n) is 30.9. The van der Waals surface area contributed by atoms with Gasteiger partial charge in [-0.3, -0.25) is 23.1 Å². The lowest BCUT2D eigenvalue weighted by Gasteiger charge is -2.25. The van der Waals surface area contributed by atoms with Crippen LogP contribution in [-0.4, -0.2) is 57.6 Å². The highest BCUT2D eigenvalue weighted by Gasteiger charge is 2.52. The molecule has 0 radical (unpaired) electrons. The van der Waals surface area contributed by atoms with E-state index in [9.17, 15) is 19.5 Å². The first kappa shape index (κ1) is 34.9. The molecule has 2 saturated carbocycles. The van der Waals surface area contributed by atoms with Crippen molar-refractivity contribution in [3.8, 4) is 0 Å². The van der Waals surface area contributed by atoms with Gasteiger partial charge in [0, 0.05) is 69.6 Å². The molecule has 5 aromatic rings. The zero-order chi connectivity index (χ0) is 36.6. The van der Waals surface area contributed by atoms with Crippen molar-refractivity contribution in [3.05, 3.63) is 74.6 Å². The Morgan fingerprint density at radius 1 is 0.843 bits per heavy atom. The minimum atomic E-state index is -0.284. The summed E-state index contributed by atoms with van der Waals surface area (Å²) in [5.41, 5.74) is 4.56. The van der Waals surface area contributed by atoms with E-state index in [1.165, 1.54) is 6.26 Å². The maximum absolute atomic E-state index is 13.5. The minimum Gasteiger partial charge on any atom is -0.396 e. The molecule has 272 valence electrons. The summed E-state index contributed by atoms with van der Waals surface area (Å²) in [5, 5.41) is 16.5. The normalized spacial score (nSPS) is 23.3. The first-order chi connectivity index (χ1) is 24.1. The second-order valence-corrected chi connectivity index (χ2v) is 17.0. The number of aliphatic hydroxyl groups excluding tert-OH is 1. The third-order valence-corrected chi connectivity index (χ3v) is 11.3. The number of aryl methyl sites for hydroxylation is 2. The monoisotopic (exact) mass is 698 g/mol. The molecule has 2 aliphatic carbocycles. The minimum absolute atomic E-state index is 0.0752. The molecule has 2 aliphatic rings. The fourth-order valence-corrected chi connectivity index (χ4v) is 8.29. The maximum Gasteiger partial charge on any atom is 0.330 e. The summed E-state index contributed by atoms with van der Waals surface area (Å²) in [5.74, 6) is 1.02. The molecule has 2 N–H and O–H groups in total. The van der Waals surface area contributed by atoms with E-state index in [1.54, 1.807) is 33.9 Å². The lowest BCUT2D eigenvalue weighted by molar-refractivity contribution is 0.0941. The van der Waals surface area contributed by atoms with Gasteiger partial charge in [0.25, 0.3) is 5.91 Å². The van der Waals surface area contributed by atoms with Crippen LogP contribution in [0.3, 0.4) is 0 Å². The van der Waals surface area contributed by atoms with Gasteiger partial charge in [0.05, 0.1) is 11.0 Å². The third-order valence-electron chi connectivity index (χ3n) is 11.3. The van der Waals surface area contributed by atoms with Crippen molar-refractivity contribution in [2.75, 3.05) is 13.2 Å². The molecule has 13 nitrogen and oxygen atoms in total. The molecule has 6 unspecified atom stereocenters. The molecule has 13 heteroatoms. The number of nitrogens with one attached hydrogen (secondary N) is 1. The van der Waals surface area contributed by atoms with Crippen molar-refractivity contribution in [3.63, 3.8) is 0 Å². The van der Waals surface area contributed by atoms with Crippen LogP contribution >= 0.6 is 0 Å². The molecule has 0 aliphatic heterocycles. The number of fused-ring (bicyclic) bond motifs is 2. The Balaban J connectivity index is 1.11. The van der Waals surface area contributed by atoms with Crippen LogP contribution < -0.4 is 16.7 Å². The van der Waals surface area contributed by atoms with Gasteiger partial charge >= 0.3 is 11.4 Å². The number of carbonyl (C=O) groups is 1. The van der Waals surface area contributed by atoms with Crippen LogP contribution in [0.5, 0.6) is 0 Å². The summed E-state index contributed by atoms with van der Waals surface area (Å²) < 4.78 is 11.8. The Hall–Kier alpha value is -4.52. The predicted octanol–water partition coefficient (Wildman–Crippen LogP) is 4.43. The van der Waals surface area contributed by atoms with E-state index in [0.29, 0.717) is 36.8 Å². The quantitative estimate of drug-likeness (QED) is 0.194. The van der Waals surface area contributed by atoms with E-state index < -0.39 is 0 Å². The number of hydrogen-bond acceptors (Lipinski definition) is 8. The van der Waals surface area contributed by atoms with Crippen LogP contribution in [0.2, 0.25) is 0 Å². The Kier molecular flexibility index (Phi) is 8.63. The van der Waals surface area contributed by atoms with Gasteiger partial charge in [-0.15, -0.1) is 0 Å². The van der Waals surface area contributed by atoms with Gasteiger partial charge in [-0.25, -0.2) is 19.6 Å². The number of pyridine rings is 2. The SMILES string of the molecule is CC1C(CO)C1c1ccc2c(n1)n(C)c(=O)n2CC(C)(C)CCC1C(CNC(=O)c2ccon2)C1c1ccc2c(n1)n(C)c(=O)n2CC(C)(C)C. The second kappa shape index (κ2) is 12.6. The Morgan fingerprint density at radius 2 is 1.43 bits per heavy atom. The van der Waals surface area contributed by atoms with E-state index in [0.717, 1.165) is 35.3 Å². The molecule has 0 aromatic carbocycles. The lowest BCUT2D eigenvalue weighted by Crippen LogP contribution is -2.29. The zero-order valence-corrected chi connectivity index (χ0v) is 30.9. The summed E-state index contributed by atoms with van der Waals surface area (Å²) in [7, 11) is 3.54. The van der Waals surface area contributed by atoms with Gasteiger partial charge in [-0.2, -0.15) is 0 Å². The average Bonchev–Trinajstić information content (AvgIpc) is 3.78. The molecular weight excluding hydrogens is 648 g/mol. The first-order valence-corrected chi connectivity index (χ1v) is 18.0. The van der Waals surface area contributed by atoms with Crippen LogP contribution in [0.4, 0.5) is 0 Å². The molecule has 5 heterocycles. The topological polar surface area (TPSA) is 155 Å². The van der Waals surface area contributed by atoms with Crippen molar-refractivity contribution in [2.45, 2.75) is 79.3 Å². The highest BCUT2D eigenvalue weighted by molar-refractivity contribution is 5.92. The van der Waals surface area contributed by atoms with Crippen LogP contribution in [0.1, 0.15) is 88.1 Å². The molecular formula is C38H50N8O5. The number of amides is 1. The number of rotatable bonds is 12. The lowest BCUT2D eigenvalue weighted by atomic mass is 9.86. The summed E-state index contributed by atoms with van der Waals surface area (Å²) in [6.07, 6.45) is 3.10. The van der Waals surface area contributed by atoms with Gasteiger partial charge in [0.15, 0.2) is 17.0 Å². The van der Waals surface area contributed by atoms with Crippen LogP contribution in [-0.2, 0) is 27.2 Å². The third kappa shape index (κ3) is 6.45. The highest BCUT2D eigenvalue weighted by atomic mass is 16.5. The smallest absolute Gasteiger partial charge is 0.330 e. The van der Waals surface area contributed by atoms with E-state index in [-0.39, 0.29) is 70.0 Å². The Bertz CT molecular complexity index is 2220. The van der Waals surface area contributed by atoms with Crippen LogP contribution in [0, 0.1) is 34.5 Å². The van der Waals surface area contributed by atoms with Crippen molar-refractivity contribution < 1.29 is 14.4 Å². The van der Waals surface area contributed by atoms with E-state index >= 15 is 0 Å². The van der Waals surface area contributed by atoms with Gasteiger partial charge < -0.3 is 14.9 Å². The van der Waals surface area contributed by atoms with Crippen LogP contribution in [0.15, 0.2) is 50.7 Å². The fourth-order valence-electron chi connectivity index (χ4n) is 8.29. The number of aliphatic hydroxyl groups is 1. The fraction of sp³-hybridized carbons (Fsp3) is 0.579.